The third kappa shape index (κ3) is 2.28. The molecule has 0 aromatic carbocycles. The van der Waals surface area contributed by atoms with Crippen LogP contribution in [0.2, 0.25) is 0 Å². The second kappa shape index (κ2) is 5.18. The molecule has 2 heterocycles. The third-order valence-electron chi connectivity index (χ3n) is 2.39. The number of imidazole rings is 1. The van der Waals surface area contributed by atoms with E-state index < -0.39 is 0 Å². The summed E-state index contributed by atoms with van der Waals surface area (Å²) in [6.07, 6.45) is 4.82. The van der Waals surface area contributed by atoms with Crippen molar-refractivity contribution in [3.05, 3.63) is 29.3 Å². The summed E-state index contributed by atoms with van der Waals surface area (Å²) in [6, 6.07) is 0.0405. The number of aromatic nitrogens is 4. The zero-order valence-corrected chi connectivity index (χ0v) is 10.2. The van der Waals surface area contributed by atoms with Gasteiger partial charge in [-0.2, -0.15) is 0 Å². The first kappa shape index (κ1) is 11.2. The van der Waals surface area contributed by atoms with E-state index in [1.165, 1.54) is 11.5 Å². The quantitative estimate of drug-likeness (QED) is 0.853. The monoisotopic (exact) mass is 237 g/mol. The van der Waals surface area contributed by atoms with Crippen molar-refractivity contribution >= 4 is 11.5 Å². The maximum atomic E-state index is 4.36. The second-order valence-corrected chi connectivity index (χ2v) is 4.22. The average molecular weight is 237 g/mol. The van der Waals surface area contributed by atoms with Gasteiger partial charge in [-0.3, -0.25) is 0 Å². The zero-order valence-electron chi connectivity index (χ0n) is 9.42. The molecule has 16 heavy (non-hydrogen) atoms. The summed E-state index contributed by atoms with van der Waals surface area (Å²) in [5.41, 5.74) is 0.938. The van der Waals surface area contributed by atoms with Crippen LogP contribution in [0.4, 0.5) is 0 Å². The molecular weight excluding hydrogens is 222 g/mol. The minimum absolute atomic E-state index is 0.0405. The van der Waals surface area contributed by atoms with Gasteiger partial charge in [0.25, 0.3) is 0 Å². The molecule has 1 unspecified atom stereocenters. The number of nitrogens with one attached hydrogen (secondary N) is 1. The van der Waals surface area contributed by atoms with Gasteiger partial charge in [-0.05, 0) is 24.5 Å². The van der Waals surface area contributed by atoms with E-state index in [-0.39, 0.29) is 6.04 Å². The van der Waals surface area contributed by atoms with E-state index in [0.717, 1.165) is 24.5 Å². The normalized spacial score (nSPS) is 12.9. The fraction of sp³-hybridized carbons (Fsp3) is 0.500. The van der Waals surface area contributed by atoms with Crippen LogP contribution in [-0.4, -0.2) is 25.7 Å². The molecule has 0 aliphatic heterocycles. The number of aryl methyl sites for hydroxylation is 1. The van der Waals surface area contributed by atoms with Crippen LogP contribution in [-0.2, 0) is 7.05 Å². The lowest BCUT2D eigenvalue weighted by molar-refractivity contribution is 0.544. The van der Waals surface area contributed by atoms with Crippen molar-refractivity contribution in [2.75, 3.05) is 6.54 Å². The summed E-state index contributed by atoms with van der Waals surface area (Å²) >= 11 is 1.37. The van der Waals surface area contributed by atoms with E-state index >= 15 is 0 Å². The SMILES string of the molecule is CCCNC(c1csnn1)c1nccn1C. The summed E-state index contributed by atoms with van der Waals surface area (Å²) in [7, 11) is 1.99. The van der Waals surface area contributed by atoms with Crippen LogP contribution in [0.3, 0.4) is 0 Å². The van der Waals surface area contributed by atoms with Gasteiger partial charge in [0, 0.05) is 24.8 Å². The van der Waals surface area contributed by atoms with Crippen LogP contribution in [0, 0.1) is 0 Å². The van der Waals surface area contributed by atoms with Gasteiger partial charge in [0.2, 0.25) is 0 Å². The van der Waals surface area contributed by atoms with Crippen molar-refractivity contribution < 1.29 is 0 Å². The molecule has 0 bridgehead atoms. The lowest BCUT2D eigenvalue weighted by Gasteiger charge is -2.15. The van der Waals surface area contributed by atoms with Crippen LogP contribution in [0.5, 0.6) is 0 Å². The average Bonchev–Trinajstić information content (AvgIpc) is 2.91. The lowest BCUT2D eigenvalue weighted by Crippen LogP contribution is -2.26. The van der Waals surface area contributed by atoms with Crippen molar-refractivity contribution in [1.82, 2.24) is 24.5 Å². The summed E-state index contributed by atoms with van der Waals surface area (Å²) in [6.45, 7) is 3.08. The Morgan fingerprint density at radius 1 is 1.56 bits per heavy atom. The third-order valence-corrected chi connectivity index (χ3v) is 2.91. The predicted octanol–water partition coefficient (Wildman–Crippen LogP) is 1.36. The maximum Gasteiger partial charge on any atom is 0.131 e. The molecule has 5 nitrogen and oxygen atoms in total. The molecule has 1 N–H and O–H groups in total. The molecule has 0 aliphatic rings. The topological polar surface area (TPSA) is 55.6 Å². The van der Waals surface area contributed by atoms with Gasteiger partial charge in [0.15, 0.2) is 0 Å². The summed E-state index contributed by atoms with van der Waals surface area (Å²) in [4.78, 5) is 4.36. The molecule has 0 amide bonds. The number of rotatable bonds is 5. The van der Waals surface area contributed by atoms with Gasteiger partial charge in [-0.25, -0.2) is 4.98 Å². The first-order valence-corrected chi connectivity index (χ1v) is 6.14. The molecule has 0 radical (unpaired) electrons. The Morgan fingerprint density at radius 2 is 2.44 bits per heavy atom. The highest BCUT2D eigenvalue weighted by Crippen LogP contribution is 2.18. The molecule has 0 aliphatic carbocycles. The molecule has 6 heteroatoms. The van der Waals surface area contributed by atoms with Gasteiger partial charge >= 0.3 is 0 Å². The van der Waals surface area contributed by atoms with Crippen molar-refractivity contribution in [2.45, 2.75) is 19.4 Å². The van der Waals surface area contributed by atoms with Crippen LogP contribution in [0.25, 0.3) is 0 Å². The molecule has 2 rings (SSSR count). The van der Waals surface area contributed by atoms with Crippen LogP contribution in [0.1, 0.15) is 30.9 Å². The summed E-state index contributed by atoms with van der Waals surface area (Å²) in [5.74, 6) is 0.973. The summed E-state index contributed by atoms with van der Waals surface area (Å²) < 4.78 is 5.91. The Bertz CT molecular complexity index is 422. The smallest absolute Gasteiger partial charge is 0.131 e. The highest BCUT2D eigenvalue weighted by Gasteiger charge is 2.19. The van der Waals surface area contributed by atoms with E-state index in [4.69, 9.17) is 0 Å². The van der Waals surface area contributed by atoms with E-state index in [2.05, 4.69) is 26.8 Å². The molecule has 2 aromatic rings. The zero-order chi connectivity index (χ0) is 11.4. The Kier molecular flexibility index (Phi) is 3.63. The number of hydrogen-bond donors (Lipinski definition) is 1. The van der Waals surface area contributed by atoms with Gasteiger partial charge in [-0.1, -0.05) is 11.4 Å². The van der Waals surface area contributed by atoms with E-state index in [0.29, 0.717) is 0 Å². The molecule has 2 aromatic heterocycles. The van der Waals surface area contributed by atoms with E-state index in [9.17, 15) is 0 Å². The van der Waals surface area contributed by atoms with Crippen molar-refractivity contribution in [2.24, 2.45) is 7.05 Å². The largest absolute Gasteiger partial charge is 0.336 e. The molecule has 0 spiro atoms. The van der Waals surface area contributed by atoms with Crippen LogP contribution in [0.15, 0.2) is 17.8 Å². The van der Waals surface area contributed by atoms with Gasteiger partial charge in [-0.15, -0.1) is 5.10 Å². The Balaban J connectivity index is 2.25. The van der Waals surface area contributed by atoms with Crippen molar-refractivity contribution in [3.8, 4) is 0 Å². The van der Waals surface area contributed by atoms with Gasteiger partial charge in [0.05, 0.1) is 0 Å². The standard InChI is InChI=1S/C10H15N5S/c1-3-4-11-9(8-7-16-14-13-8)10-12-5-6-15(10)2/h5-7,9,11H,3-4H2,1-2H3. The van der Waals surface area contributed by atoms with E-state index in [1.54, 1.807) is 6.20 Å². The van der Waals surface area contributed by atoms with E-state index in [1.807, 2.05) is 23.2 Å². The molecule has 0 fully saturated rings. The fourth-order valence-corrected chi connectivity index (χ4v) is 2.05. The molecule has 86 valence electrons. The van der Waals surface area contributed by atoms with Crippen molar-refractivity contribution in [3.63, 3.8) is 0 Å². The minimum Gasteiger partial charge on any atom is -0.336 e. The van der Waals surface area contributed by atoms with Gasteiger partial charge in [0.1, 0.15) is 17.6 Å². The Labute approximate surface area is 98.7 Å². The molecular formula is C10H15N5S. The van der Waals surface area contributed by atoms with Crippen LogP contribution < -0.4 is 5.32 Å². The molecule has 1 atom stereocenters. The number of nitrogens with zero attached hydrogens (tertiary/aromatic N) is 4. The van der Waals surface area contributed by atoms with Crippen molar-refractivity contribution in [1.29, 1.82) is 0 Å². The predicted molar refractivity (Wildman–Crippen MR) is 63.3 cm³/mol. The molecule has 0 saturated carbocycles. The van der Waals surface area contributed by atoms with Gasteiger partial charge < -0.3 is 9.88 Å². The number of hydrogen-bond acceptors (Lipinski definition) is 5. The minimum atomic E-state index is 0.0405. The highest BCUT2D eigenvalue weighted by molar-refractivity contribution is 7.03. The Hall–Kier alpha value is -1.27. The van der Waals surface area contributed by atoms with Crippen LogP contribution >= 0.6 is 11.5 Å². The first-order valence-electron chi connectivity index (χ1n) is 5.30. The first-order chi connectivity index (χ1) is 7.83. The second-order valence-electron chi connectivity index (χ2n) is 3.61. The summed E-state index contributed by atoms with van der Waals surface area (Å²) in [5, 5.41) is 9.52. The molecule has 0 saturated heterocycles. The fourth-order valence-electron chi connectivity index (χ4n) is 1.57. The lowest BCUT2D eigenvalue weighted by atomic mass is 10.2. The highest BCUT2D eigenvalue weighted by atomic mass is 32.1. The maximum absolute atomic E-state index is 4.36. The Morgan fingerprint density at radius 3 is 3.00 bits per heavy atom.